The van der Waals surface area contributed by atoms with E-state index in [4.69, 9.17) is 0 Å². The van der Waals surface area contributed by atoms with E-state index in [0.717, 1.165) is 12.1 Å². The summed E-state index contributed by atoms with van der Waals surface area (Å²) in [5.74, 6) is -2.46. The normalized spacial score (nSPS) is 20.8. The highest BCUT2D eigenvalue weighted by Crippen LogP contribution is 2.20. The zero-order chi connectivity index (χ0) is 15.6. The molecule has 1 aromatic carbocycles. The molecule has 1 aliphatic heterocycles. The van der Waals surface area contributed by atoms with Gasteiger partial charge in [0.1, 0.15) is 17.3 Å². The number of anilines is 1. The van der Waals surface area contributed by atoms with E-state index in [-0.39, 0.29) is 22.8 Å². The third kappa shape index (κ3) is 3.69. The molecule has 0 saturated carbocycles. The number of carbonyl (C=O) groups is 1. The van der Waals surface area contributed by atoms with Gasteiger partial charge in [-0.2, -0.15) is 0 Å². The molecule has 5 nitrogen and oxygen atoms in total. The van der Waals surface area contributed by atoms with E-state index in [0.29, 0.717) is 12.8 Å². The molecule has 2 rings (SSSR count). The van der Waals surface area contributed by atoms with Gasteiger partial charge >= 0.3 is 0 Å². The summed E-state index contributed by atoms with van der Waals surface area (Å²) in [5.41, 5.74) is -0.487. The van der Waals surface area contributed by atoms with E-state index < -0.39 is 33.4 Å². The van der Waals surface area contributed by atoms with Gasteiger partial charge in [-0.15, -0.1) is 0 Å². The highest BCUT2D eigenvalue weighted by atomic mass is 32.2. The molecule has 0 radical (unpaired) electrons. The number of nitrogens with one attached hydrogen (secondary N) is 2. The van der Waals surface area contributed by atoms with Gasteiger partial charge < -0.3 is 10.6 Å². The summed E-state index contributed by atoms with van der Waals surface area (Å²) in [6, 6.07) is 1.31. The van der Waals surface area contributed by atoms with Gasteiger partial charge in [-0.3, -0.25) is 4.79 Å². The lowest BCUT2D eigenvalue weighted by atomic mass is 10.1. The Morgan fingerprint density at radius 3 is 2.43 bits per heavy atom. The van der Waals surface area contributed by atoms with Gasteiger partial charge in [-0.1, -0.05) is 0 Å². The molecule has 0 bridgehead atoms. The molecule has 1 fully saturated rings. The van der Waals surface area contributed by atoms with Gasteiger partial charge in [-0.05, 0) is 25.0 Å². The first kappa shape index (κ1) is 15.7. The number of hydrogen-bond acceptors (Lipinski definition) is 4. The second kappa shape index (κ2) is 5.97. The Morgan fingerprint density at radius 2 is 1.90 bits per heavy atom. The molecular weight excluding hydrogens is 302 g/mol. The van der Waals surface area contributed by atoms with Crippen LogP contribution in [0.25, 0.3) is 0 Å². The maximum absolute atomic E-state index is 13.6. The van der Waals surface area contributed by atoms with Crippen molar-refractivity contribution in [3.05, 3.63) is 29.3 Å². The van der Waals surface area contributed by atoms with E-state index in [1.165, 1.54) is 7.05 Å². The number of benzene rings is 1. The Labute approximate surface area is 121 Å². The van der Waals surface area contributed by atoms with E-state index in [1.54, 1.807) is 0 Å². The second-order valence-corrected chi connectivity index (χ2v) is 7.22. The van der Waals surface area contributed by atoms with Crippen LogP contribution in [0.2, 0.25) is 0 Å². The van der Waals surface area contributed by atoms with Crippen molar-refractivity contribution in [3.63, 3.8) is 0 Å². The highest BCUT2D eigenvalue weighted by Gasteiger charge is 2.26. The van der Waals surface area contributed by atoms with E-state index in [9.17, 15) is 22.0 Å². The number of hydrogen-bond donors (Lipinski definition) is 2. The molecule has 0 spiro atoms. The molecular formula is C13H16F2N2O3S. The van der Waals surface area contributed by atoms with Crippen LogP contribution in [-0.4, -0.2) is 38.9 Å². The summed E-state index contributed by atoms with van der Waals surface area (Å²) in [6.45, 7) is 0. The maximum Gasteiger partial charge on any atom is 0.251 e. The zero-order valence-electron chi connectivity index (χ0n) is 11.4. The summed E-state index contributed by atoms with van der Waals surface area (Å²) in [5, 5.41) is 4.87. The summed E-state index contributed by atoms with van der Waals surface area (Å²) in [7, 11) is -1.79. The zero-order valence-corrected chi connectivity index (χ0v) is 12.3. The van der Waals surface area contributed by atoms with Crippen LogP contribution < -0.4 is 10.6 Å². The molecule has 1 aliphatic rings. The monoisotopic (exact) mass is 318 g/mol. The predicted octanol–water partition coefficient (Wildman–Crippen LogP) is 1.31. The van der Waals surface area contributed by atoms with Crippen LogP contribution in [0.5, 0.6) is 0 Å². The summed E-state index contributed by atoms with van der Waals surface area (Å²) >= 11 is 0. The quantitative estimate of drug-likeness (QED) is 0.881. The molecule has 1 amide bonds. The number of sulfone groups is 1. The first-order valence-corrected chi connectivity index (χ1v) is 8.32. The number of carbonyl (C=O) groups excluding carboxylic acids is 1. The molecule has 1 saturated heterocycles. The minimum absolute atomic E-state index is 0.111. The van der Waals surface area contributed by atoms with Gasteiger partial charge in [-0.25, -0.2) is 17.2 Å². The van der Waals surface area contributed by atoms with Crippen molar-refractivity contribution in [1.82, 2.24) is 5.32 Å². The van der Waals surface area contributed by atoms with Crippen LogP contribution in [0.1, 0.15) is 23.2 Å². The Morgan fingerprint density at radius 1 is 1.29 bits per heavy atom. The molecule has 1 unspecified atom stereocenters. The lowest BCUT2D eigenvalue weighted by Gasteiger charge is -2.23. The van der Waals surface area contributed by atoms with Crippen LogP contribution in [0.4, 0.5) is 14.5 Å². The van der Waals surface area contributed by atoms with E-state index in [2.05, 4.69) is 10.6 Å². The van der Waals surface area contributed by atoms with E-state index in [1.807, 2.05) is 0 Å². The molecule has 2 N–H and O–H groups in total. The van der Waals surface area contributed by atoms with Crippen molar-refractivity contribution >= 4 is 21.4 Å². The first-order valence-electron chi connectivity index (χ1n) is 6.50. The van der Waals surface area contributed by atoms with Gasteiger partial charge in [0.2, 0.25) is 0 Å². The van der Waals surface area contributed by atoms with Gasteiger partial charge in [0.25, 0.3) is 5.91 Å². The predicted molar refractivity (Wildman–Crippen MR) is 75.0 cm³/mol. The molecule has 116 valence electrons. The second-order valence-electron chi connectivity index (χ2n) is 4.99. The first-order chi connectivity index (χ1) is 9.82. The average Bonchev–Trinajstić information content (AvgIpc) is 2.37. The summed E-state index contributed by atoms with van der Waals surface area (Å²) < 4.78 is 50.2. The van der Waals surface area contributed by atoms with Gasteiger partial charge in [0.05, 0.1) is 11.5 Å². The van der Waals surface area contributed by atoms with Crippen molar-refractivity contribution < 1.29 is 22.0 Å². The Bertz CT molecular complexity index is 638. The SMILES string of the molecule is CNc1c(F)cc(C(=O)NC2CCCS(=O)(=O)C2)cc1F. The maximum atomic E-state index is 13.6. The van der Waals surface area contributed by atoms with Gasteiger partial charge in [0, 0.05) is 18.7 Å². The topological polar surface area (TPSA) is 75.3 Å². The number of amides is 1. The fraction of sp³-hybridized carbons (Fsp3) is 0.462. The standard InChI is InChI=1S/C13H16F2N2O3S/c1-16-12-10(14)5-8(6-11(12)15)13(18)17-9-3-2-4-21(19,20)7-9/h5-6,9,16H,2-4,7H2,1H3,(H,17,18). The largest absolute Gasteiger partial charge is 0.383 e. The van der Waals surface area contributed by atoms with Crippen LogP contribution >= 0.6 is 0 Å². The molecule has 1 aromatic rings. The molecule has 8 heteroatoms. The fourth-order valence-corrected chi connectivity index (χ4v) is 3.98. The molecule has 1 atom stereocenters. The van der Waals surface area contributed by atoms with Crippen LogP contribution in [0, 0.1) is 11.6 Å². The average molecular weight is 318 g/mol. The third-order valence-corrected chi connectivity index (χ3v) is 5.17. The molecule has 21 heavy (non-hydrogen) atoms. The van der Waals surface area contributed by atoms with Crippen LogP contribution in [-0.2, 0) is 9.84 Å². The van der Waals surface area contributed by atoms with Crippen molar-refractivity contribution in [2.45, 2.75) is 18.9 Å². The van der Waals surface area contributed by atoms with Crippen LogP contribution in [0.15, 0.2) is 12.1 Å². The van der Waals surface area contributed by atoms with Crippen molar-refractivity contribution in [3.8, 4) is 0 Å². The number of halogens is 2. The van der Waals surface area contributed by atoms with Crippen molar-refractivity contribution in [2.24, 2.45) is 0 Å². The minimum Gasteiger partial charge on any atom is -0.383 e. The van der Waals surface area contributed by atoms with Crippen molar-refractivity contribution in [1.29, 1.82) is 0 Å². The summed E-state index contributed by atoms with van der Waals surface area (Å²) in [4.78, 5) is 12.0. The molecule has 0 aliphatic carbocycles. The number of rotatable bonds is 3. The molecule has 1 heterocycles. The fourth-order valence-electron chi connectivity index (χ4n) is 2.35. The highest BCUT2D eigenvalue weighted by molar-refractivity contribution is 7.91. The summed E-state index contributed by atoms with van der Waals surface area (Å²) in [6.07, 6.45) is 0.999. The lowest BCUT2D eigenvalue weighted by molar-refractivity contribution is 0.0937. The van der Waals surface area contributed by atoms with E-state index >= 15 is 0 Å². The van der Waals surface area contributed by atoms with Gasteiger partial charge in [0.15, 0.2) is 9.84 Å². The van der Waals surface area contributed by atoms with Crippen molar-refractivity contribution in [2.75, 3.05) is 23.9 Å². The molecule has 0 aromatic heterocycles. The smallest absolute Gasteiger partial charge is 0.251 e. The Hall–Kier alpha value is -1.70. The Kier molecular flexibility index (Phi) is 4.46. The lowest BCUT2D eigenvalue weighted by Crippen LogP contribution is -2.43. The minimum atomic E-state index is -3.16. The Balaban J connectivity index is 2.14. The third-order valence-electron chi connectivity index (χ3n) is 3.35. The van der Waals surface area contributed by atoms with Crippen LogP contribution in [0.3, 0.4) is 0 Å².